The number of imidazole rings is 1. The van der Waals surface area contributed by atoms with E-state index in [1.165, 1.54) is 27.2 Å². The maximum atomic E-state index is 6.05. The molecule has 3 aromatic heterocycles. The van der Waals surface area contributed by atoms with Crippen LogP contribution in [0.25, 0.3) is 43.9 Å². The zero-order chi connectivity index (χ0) is 13.6. The molecule has 0 atom stereocenters. The number of aromatic nitrogens is 3. The Labute approximate surface area is 118 Å². The Kier molecular flexibility index (Phi) is 1.45. The number of hydrogen-bond acceptors (Lipinski definition) is 2. The van der Waals surface area contributed by atoms with Crippen LogP contribution in [0, 0.1) is 0 Å². The summed E-state index contributed by atoms with van der Waals surface area (Å²) in [6.45, 7) is 0.760. The molecule has 0 unspecified atom stereocenters. The fourth-order valence-electron chi connectivity index (χ4n) is 3.66. The highest BCUT2D eigenvalue weighted by Crippen LogP contribution is 2.37. The molecule has 6 rings (SSSR count). The second-order valence-electron chi connectivity index (χ2n) is 5.62. The molecule has 5 aromatic rings. The summed E-state index contributed by atoms with van der Waals surface area (Å²) in [6, 6.07) is 12.5. The minimum absolute atomic E-state index is 0.760. The zero-order valence-electron chi connectivity index (χ0n) is 11.1. The van der Waals surface area contributed by atoms with Crippen LogP contribution >= 0.6 is 0 Å². The van der Waals surface area contributed by atoms with Crippen molar-refractivity contribution in [1.82, 2.24) is 9.55 Å². The van der Waals surface area contributed by atoms with Gasteiger partial charge in [0, 0.05) is 11.6 Å². The van der Waals surface area contributed by atoms with Crippen molar-refractivity contribution in [2.45, 2.75) is 6.67 Å². The lowest BCUT2D eigenvalue weighted by Gasteiger charge is -2.03. The molecule has 0 N–H and O–H groups in total. The highest BCUT2D eigenvalue weighted by atomic mass is 16.3. The molecule has 1 aliphatic rings. The van der Waals surface area contributed by atoms with Gasteiger partial charge in [-0.05, 0) is 40.7 Å². The first kappa shape index (κ1) is 9.94. The molecule has 0 aliphatic carbocycles. The van der Waals surface area contributed by atoms with Gasteiger partial charge in [0.1, 0.15) is 5.58 Å². The lowest BCUT2D eigenvalue weighted by molar-refractivity contribution is -0.674. The third kappa shape index (κ3) is 1.01. The van der Waals surface area contributed by atoms with Gasteiger partial charge in [0.15, 0.2) is 17.8 Å². The van der Waals surface area contributed by atoms with Crippen molar-refractivity contribution < 1.29 is 8.98 Å². The molecule has 0 bridgehead atoms. The highest BCUT2D eigenvalue weighted by Gasteiger charge is 2.24. The molecule has 0 spiro atoms. The molecule has 98 valence electrons. The topological polar surface area (TPSA) is 34.8 Å². The minimum atomic E-state index is 0.760. The van der Waals surface area contributed by atoms with E-state index in [9.17, 15) is 0 Å². The van der Waals surface area contributed by atoms with Crippen LogP contribution in [0.1, 0.15) is 0 Å². The van der Waals surface area contributed by atoms with Crippen molar-refractivity contribution in [3.8, 4) is 0 Å². The van der Waals surface area contributed by atoms with Crippen molar-refractivity contribution in [3.63, 3.8) is 0 Å². The lowest BCUT2D eigenvalue weighted by Crippen LogP contribution is -2.35. The smallest absolute Gasteiger partial charge is 0.289 e. The standard InChI is InChI=1S/C17H10N3O/c1-2-13-17-15-12(21-13)6-4-10-3-5-11-16(14(10)15)20(8-18-11)9-19(17)7-1/h1-8H,9H2/q+1. The average molecular weight is 272 g/mol. The Balaban J connectivity index is 2.13. The molecule has 21 heavy (non-hydrogen) atoms. The third-order valence-corrected chi connectivity index (χ3v) is 4.52. The fraction of sp³-hybridized carbons (Fsp3) is 0.0588. The number of benzene rings is 2. The predicted octanol–water partition coefficient (Wildman–Crippen LogP) is 3.20. The van der Waals surface area contributed by atoms with Gasteiger partial charge in [-0.3, -0.25) is 0 Å². The summed E-state index contributed by atoms with van der Waals surface area (Å²) in [5.74, 6) is 0. The van der Waals surface area contributed by atoms with Crippen molar-refractivity contribution in [2.75, 3.05) is 0 Å². The first-order valence-corrected chi connectivity index (χ1v) is 7.01. The Morgan fingerprint density at radius 1 is 1.05 bits per heavy atom. The number of hydrogen-bond donors (Lipinski definition) is 0. The van der Waals surface area contributed by atoms with Crippen LogP contribution in [0.2, 0.25) is 0 Å². The van der Waals surface area contributed by atoms with Gasteiger partial charge < -0.3 is 8.98 Å². The van der Waals surface area contributed by atoms with Crippen LogP contribution in [-0.2, 0) is 6.67 Å². The second-order valence-corrected chi connectivity index (χ2v) is 5.62. The maximum absolute atomic E-state index is 6.05. The van der Waals surface area contributed by atoms with E-state index < -0.39 is 0 Å². The maximum Gasteiger partial charge on any atom is 0.289 e. The van der Waals surface area contributed by atoms with E-state index in [2.05, 4.69) is 44.6 Å². The summed E-state index contributed by atoms with van der Waals surface area (Å²) >= 11 is 0. The van der Waals surface area contributed by atoms with Crippen molar-refractivity contribution in [1.29, 1.82) is 0 Å². The second kappa shape index (κ2) is 3.06. The van der Waals surface area contributed by atoms with Crippen LogP contribution in [0.15, 0.2) is 53.3 Å². The SMILES string of the molecule is c1cc2oc3ccc4ccc5nc[n+]6c5c4c3c2n(c1)C6. The molecule has 0 saturated heterocycles. The third-order valence-electron chi connectivity index (χ3n) is 4.52. The molecular weight excluding hydrogens is 262 g/mol. The molecule has 0 amide bonds. The molecule has 0 fully saturated rings. The van der Waals surface area contributed by atoms with Gasteiger partial charge in [-0.15, -0.1) is 0 Å². The Bertz CT molecular complexity index is 1210. The number of nitrogens with zero attached hydrogens (tertiary/aromatic N) is 3. The zero-order valence-corrected chi connectivity index (χ0v) is 11.1. The van der Waals surface area contributed by atoms with Gasteiger partial charge in [0.25, 0.3) is 6.33 Å². The van der Waals surface area contributed by atoms with Gasteiger partial charge >= 0.3 is 0 Å². The number of furan rings is 1. The van der Waals surface area contributed by atoms with Crippen molar-refractivity contribution >= 4 is 43.9 Å². The number of pyridine rings is 1. The summed E-state index contributed by atoms with van der Waals surface area (Å²) in [4.78, 5) is 4.54. The predicted molar refractivity (Wildman–Crippen MR) is 80.1 cm³/mol. The fourth-order valence-corrected chi connectivity index (χ4v) is 3.66. The largest absolute Gasteiger partial charge is 0.454 e. The van der Waals surface area contributed by atoms with E-state index in [0.717, 1.165) is 23.4 Å². The molecular formula is C17H10N3O+. The molecule has 0 radical (unpaired) electrons. The van der Waals surface area contributed by atoms with Crippen LogP contribution < -0.4 is 4.57 Å². The first-order chi connectivity index (χ1) is 10.4. The summed E-state index contributed by atoms with van der Waals surface area (Å²) in [7, 11) is 0. The van der Waals surface area contributed by atoms with Gasteiger partial charge in [-0.2, -0.15) is 0 Å². The van der Waals surface area contributed by atoms with Crippen LogP contribution in [-0.4, -0.2) is 9.55 Å². The number of rotatable bonds is 0. The Morgan fingerprint density at radius 2 is 2.00 bits per heavy atom. The van der Waals surface area contributed by atoms with E-state index in [1.807, 2.05) is 18.5 Å². The Hall–Kier alpha value is -2.88. The van der Waals surface area contributed by atoms with Crippen LogP contribution in [0.4, 0.5) is 0 Å². The minimum Gasteiger partial charge on any atom is -0.454 e. The molecule has 4 nitrogen and oxygen atoms in total. The highest BCUT2D eigenvalue weighted by molar-refractivity contribution is 6.24. The van der Waals surface area contributed by atoms with Crippen LogP contribution in [0.5, 0.6) is 0 Å². The van der Waals surface area contributed by atoms with Crippen molar-refractivity contribution in [3.05, 3.63) is 48.9 Å². The summed E-state index contributed by atoms with van der Waals surface area (Å²) in [5.41, 5.74) is 5.30. The summed E-state index contributed by atoms with van der Waals surface area (Å²) in [5, 5.41) is 3.68. The molecule has 0 saturated carbocycles. The normalized spacial score (nSPS) is 13.5. The van der Waals surface area contributed by atoms with Gasteiger partial charge in [-0.25, -0.2) is 4.57 Å². The average Bonchev–Trinajstić information content (AvgIpc) is 3.04. The molecule has 2 aromatic carbocycles. The summed E-state index contributed by atoms with van der Waals surface area (Å²) < 4.78 is 10.5. The van der Waals surface area contributed by atoms with E-state index in [-0.39, 0.29) is 0 Å². The molecule has 4 heteroatoms. The van der Waals surface area contributed by atoms with Crippen LogP contribution in [0.3, 0.4) is 0 Å². The summed E-state index contributed by atoms with van der Waals surface area (Å²) in [6.07, 6.45) is 4.03. The van der Waals surface area contributed by atoms with E-state index in [4.69, 9.17) is 4.42 Å². The molecule has 1 aliphatic heterocycles. The van der Waals surface area contributed by atoms with Crippen molar-refractivity contribution in [2.24, 2.45) is 0 Å². The Morgan fingerprint density at radius 3 is 3.00 bits per heavy atom. The van der Waals surface area contributed by atoms with E-state index in [0.29, 0.717) is 0 Å². The first-order valence-electron chi connectivity index (χ1n) is 7.01. The quantitative estimate of drug-likeness (QED) is 0.398. The lowest BCUT2D eigenvalue weighted by atomic mass is 10.0. The monoisotopic (exact) mass is 272 g/mol. The molecule has 4 heterocycles. The van der Waals surface area contributed by atoms with Gasteiger partial charge in [-0.1, -0.05) is 6.07 Å². The van der Waals surface area contributed by atoms with E-state index in [1.54, 1.807) is 0 Å². The van der Waals surface area contributed by atoms with E-state index >= 15 is 0 Å². The van der Waals surface area contributed by atoms with Gasteiger partial charge in [0.2, 0.25) is 5.52 Å². The van der Waals surface area contributed by atoms with Gasteiger partial charge in [0.05, 0.1) is 10.9 Å².